The third-order valence-electron chi connectivity index (χ3n) is 2.98. The first-order valence-electron chi connectivity index (χ1n) is 6.41. The summed E-state index contributed by atoms with van der Waals surface area (Å²) in [5.41, 5.74) is 0. The molecule has 2 rings (SSSR count). The van der Waals surface area contributed by atoms with Gasteiger partial charge in [0.25, 0.3) is 0 Å². The summed E-state index contributed by atoms with van der Waals surface area (Å²) in [6, 6.07) is 0.489. The van der Waals surface area contributed by atoms with Crippen LogP contribution in [0.5, 0.6) is 0 Å². The molecule has 0 spiro atoms. The van der Waals surface area contributed by atoms with Crippen molar-refractivity contribution < 1.29 is 4.79 Å². The van der Waals surface area contributed by atoms with Gasteiger partial charge in [0.15, 0.2) is 0 Å². The van der Waals surface area contributed by atoms with Gasteiger partial charge in [0.05, 0.1) is 5.84 Å². The minimum atomic E-state index is 0.204. The first kappa shape index (κ1) is 11.4. The third kappa shape index (κ3) is 4.21. The molecule has 0 radical (unpaired) electrons. The molecule has 0 aromatic heterocycles. The predicted octanol–water partition coefficient (Wildman–Crippen LogP) is 1.22. The summed E-state index contributed by atoms with van der Waals surface area (Å²) in [6.45, 7) is 1.83. The molecule has 1 heterocycles. The highest BCUT2D eigenvalue weighted by Crippen LogP contribution is 2.18. The van der Waals surface area contributed by atoms with Crippen molar-refractivity contribution in [2.24, 2.45) is 4.99 Å². The Bertz CT molecular complexity index is 271. The molecule has 1 aliphatic carbocycles. The summed E-state index contributed by atoms with van der Waals surface area (Å²) < 4.78 is 0. The van der Waals surface area contributed by atoms with E-state index in [-0.39, 0.29) is 5.91 Å². The van der Waals surface area contributed by atoms with Crippen LogP contribution < -0.4 is 10.6 Å². The largest absolute Gasteiger partial charge is 0.374 e. The zero-order valence-electron chi connectivity index (χ0n) is 9.80. The number of hydrogen-bond donors (Lipinski definition) is 2. The van der Waals surface area contributed by atoms with Crippen LogP contribution in [-0.2, 0) is 4.79 Å². The average molecular weight is 223 g/mol. The Morgan fingerprint density at radius 2 is 2.25 bits per heavy atom. The monoisotopic (exact) mass is 223 g/mol. The van der Waals surface area contributed by atoms with Crippen LogP contribution in [0, 0.1) is 0 Å². The zero-order chi connectivity index (χ0) is 11.2. The SMILES string of the molecule is O=C(CCCNC1=NCCCC1)NC1CC1. The lowest BCUT2D eigenvalue weighted by atomic mass is 10.2. The summed E-state index contributed by atoms with van der Waals surface area (Å²) >= 11 is 0. The van der Waals surface area contributed by atoms with Crippen molar-refractivity contribution in [2.75, 3.05) is 13.1 Å². The maximum Gasteiger partial charge on any atom is 0.220 e. The lowest BCUT2D eigenvalue weighted by Crippen LogP contribution is -2.29. The summed E-state index contributed by atoms with van der Waals surface area (Å²) in [6.07, 6.45) is 7.41. The normalized spacial score (nSPS) is 20.1. The molecule has 0 aromatic rings. The number of nitrogens with one attached hydrogen (secondary N) is 2. The van der Waals surface area contributed by atoms with E-state index in [2.05, 4.69) is 15.6 Å². The molecule has 1 aliphatic heterocycles. The first-order valence-corrected chi connectivity index (χ1v) is 6.41. The number of nitrogens with zero attached hydrogens (tertiary/aromatic N) is 1. The van der Waals surface area contributed by atoms with Crippen LogP contribution in [0.1, 0.15) is 44.9 Å². The molecule has 0 atom stereocenters. The number of carbonyl (C=O) groups excluding carboxylic acids is 1. The van der Waals surface area contributed by atoms with Gasteiger partial charge in [-0.25, -0.2) is 0 Å². The molecule has 0 saturated heterocycles. The highest BCUT2D eigenvalue weighted by Gasteiger charge is 2.22. The fourth-order valence-electron chi connectivity index (χ4n) is 1.85. The van der Waals surface area contributed by atoms with Gasteiger partial charge in [0.1, 0.15) is 0 Å². The molecule has 4 heteroatoms. The molecule has 4 nitrogen and oxygen atoms in total. The Morgan fingerprint density at radius 3 is 2.94 bits per heavy atom. The number of aliphatic imine (C=N–C) groups is 1. The molecule has 0 bridgehead atoms. The predicted molar refractivity (Wildman–Crippen MR) is 64.6 cm³/mol. The van der Waals surface area contributed by atoms with Crippen molar-refractivity contribution in [1.82, 2.24) is 10.6 Å². The van der Waals surface area contributed by atoms with Crippen LogP contribution in [0.2, 0.25) is 0 Å². The van der Waals surface area contributed by atoms with E-state index < -0.39 is 0 Å². The Hall–Kier alpha value is -1.06. The summed E-state index contributed by atoms with van der Waals surface area (Å²) in [7, 11) is 0. The van der Waals surface area contributed by atoms with Gasteiger partial charge in [-0.1, -0.05) is 0 Å². The third-order valence-corrected chi connectivity index (χ3v) is 2.98. The zero-order valence-corrected chi connectivity index (χ0v) is 9.80. The number of hydrogen-bond acceptors (Lipinski definition) is 3. The van der Waals surface area contributed by atoms with Gasteiger partial charge < -0.3 is 10.6 Å². The van der Waals surface area contributed by atoms with Gasteiger partial charge in [-0.15, -0.1) is 0 Å². The van der Waals surface area contributed by atoms with E-state index in [1.165, 1.54) is 25.7 Å². The van der Waals surface area contributed by atoms with Crippen LogP contribution in [-0.4, -0.2) is 30.9 Å². The van der Waals surface area contributed by atoms with Crippen molar-refractivity contribution in [2.45, 2.75) is 51.0 Å². The maximum absolute atomic E-state index is 11.4. The van der Waals surface area contributed by atoms with Crippen LogP contribution >= 0.6 is 0 Å². The second-order valence-electron chi connectivity index (χ2n) is 4.66. The Balaban J connectivity index is 1.50. The number of amidine groups is 1. The lowest BCUT2D eigenvalue weighted by Gasteiger charge is -2.13. The highest BCUT2D eigenvalue weighted by atomic mass is 16.1. The fraction of sp³-hybridized carbons (Fsp3) is 0.833. The number of amides is 1. The van der Waals surface area contributed by atoms with E-state index >= 15 is 0 Å². The van der Waals surface area contributed by atoms with Crippen LogP contribution in [0.3, 0.4) is 0 Å². The minimum absolute atomic E-state index is 0.204. The molecule has 0 unspecified atom stereocenters. The smallest absolute Gasteiger partial charge is 0.220 e. The van der Waals surface area contributed by atoms with E-state index in [0.717, 1.165) is 31.8 Å². The number of carbonyl (C=O) groups is 1. The van der Waals surface area contributed by atoms with Crippen LogP contribution in [0.15, 0.2) is 4.99 Å². The topological polar surface area (TPSA) is 53.5 Å². The standard InChI is InChI=1S/C12H21N3O/c16-12(15-10-6-7-10)5-3-9-14-11-4-1-2-8-13-11/h10H,1-9H2,(H,13,14)(H,15,16). The Morgan fingerprint density at radius 1 is 1.38 bits per heavy atom. The molecular weight excluding hydrogens is 202 g/mol. The quantitative estimate of drug-likeness (QED) is 0.688. The van der Waals surface area contributed by atoms with E-state index in [9.17, 15) is 4.79 Å². The van der Waals surface area contributed by atoms with Gasteiger partial charge in [0.2, 0.25) is 5.91 Å². The molecule has 1 amide bonds. The Kier molecular flexibility index (Phi) is 4.19. The van der Waals surface area contributed by atoms with Gasteiger partial charge >= 0.3 is 0 Å². The summed E-state index contributed by atoms with van der Waals surface area (Å²) in [5, 5.41) is 6.31. The van der Waals surface area contributed by atoms with E-state index in [1.807, 2.05) is 0 Å². The average Bonchev–Trinajstić information content (AvgIpc) is 3.10. The van der Waals surface area contributed by atoms with Crippen LogP contribution in [0.4, 0.5) is 0 Å². The van der Waals surface area contributed by atoms with Gasteiger partial charge in [-0.05, 0) is 32.1 Å². The molecule has 2 N–H and O–H groups in total. The molecule has 90 valence electrons. The van der Waals surface area contributed by atoms with E-state index in [1.54, 1.807) is 0 Å². The summed E-state index contributed by atoms with van der Waals surface area (Å²) in [4.78, 5) is 15.8. The van der Waals surface area contributed by atoms with Crippen molar-refractivity contribution in [3.63, 3.8) is 0 Å². The lowest BCUT2D eigenvalue weighted by molar-refractivity contribution is -0.121. The molecule has 0 aromatic carbocycles. The Labute approximate surface area is 96.9 Å². The van der Waals surface area contributed by atoms with Crippen molar-refractivity contribution in [3.05, 3.63) is 0 Å². The number of rotatable bonds is 5. The van der Waals surface area contributed by atoms with Gasteiger partial charge in [-0.3, -0.25) is 9.79 Å². The maximum atomic E-state index is 11.4. The molecular formula is C12H21N3O. The summed E-state index contributed by atoms with van der Waals surface area (Å²) in [5.74, 6) is 1.34. The van der Waals surface area contributed by atoms with Crippen LogP contribution in [0.25, 0.3) is 0 Å². The van der Waals surface area contributed by atoms with Crippen molar-refractivity contribution in [3.8, 4) is 0 Å². The van der Waals surface area contributed by atoms with Gasteiger partial charge in [-0.2, -0.15) is 0 Å². The fourth-order valence-corrected chi connectivity index (χ4v) is 1.85. The molecule has 1 saturated carbocycles. The second-order valence-corrected chi connectivity index (χ2v) is 4.66. The molecule has 16 heavy (non-hydrogen) atoms. The second kappa shape index (κ2) is 5.87. The molecule has 1 fully saturated rings. The van der Waals surface area contributed by atoms with Crippen molar-refractivity contribution >= 4 is 11.7 Å². The first-order chi connectivity index (χ1) is 7.84. The van der Waals surface area contributed by atoms with Gasteiger partial charge in [0, 0.05) is 32.0 Å². The highest BCUT2D eigenvalue weighted by molar-refractivity contribution is 5.82. The van der Waals surface area contributed by atoms with E-state index in [0.29, 0.717) is 12.5 Å². The minimum Gasteiger partial charge on any atom is -0.374 e. The van der Waals surface area contributed by atoms with Crippen molar-refractivity contribution in [1.29, 1.82) is 0 Å². The molecule has 2 aliphatic rings. The van der Waals surface area contributed by atoms with E-state index in [4.69, 9.17) is 0 Å².